The van der Waals surface area contributed by atoms with Crippen LogP contribution in [0, 0.1) is 5.82 Å². The van der Waals surface area contributed by atoms with Gasteiger partial charge in [-0.3, -0.25) is 19.6 Å². The van der Waals surface area contributed by atoms with Crippen molar-refractivity contribution in [2.24, 2.45) is 4.99 Å². The molecule has 6 nitrogen and oxygen atoms in total. The van der Waals surface area contributed by atoms with Crippen molar-refractivity contribution in [1.82, 2.24) is 14.7 Å². The van der Waals surface area contributed by atoms with Gasteiger partial charge in [-0.25, -0.2) is 4.39 Å². The van der Waals surface area contributed by atoms with Crippen molar-refractivity contribution in [3.8, 4) is 0 Å². The van der Waals surface area contributed by atoms with Crippen molar-refractivity contribution in [3.63, 3.8) is 0 Å². The van der Waals surface area contributed by atoms with Gasteiger partial charge in [0, 0.05) is 44.0 Å². The lowest BCUT2D eigenvalue weighted by Gasteiger charge is -2.42. The summed E-state index contributed by atoms with van der Waals surface area (Å²) in [5.41, 5.74) is 10.4. The average molecular weight is 405 g/mol. The van der Waals surface area contributed by atoms with Gasteiger partial charge < -0.3 is 10.6 Å². The number of halogens is 1. The van der Waals surface area contributed by atoms with Gasteiger partial charge >= 0.3 is 0 Å². The minimum absolute atomic E-state index is 0.0164. The molecule has 2 N–H and O–H groups in total. The summed E-state index contributed by atoms with van der Waals surface area (Å²) in [6.45, 7) is 4.00. The Bertz CT molecular complexity index is 1050. The molecule has 0 spiro atoms. The summed E-state index contributed by atoms with van der Waals surface area (Å²) in [5, 5.41) is 0. The number of anilines is 1. The third-order valence-electron chi connectivity index (χ3n) is 5.90. The van der Waals surface area contributed by atoms with Gasteiger partial charge in [0.25, 0.3) is 5.91 Å². The summed E-state index contributed by atoms with van der Waals surface area (Å²) in [4.78, 5) is 24.3. The van der Waals surface area contributed by atoms with E-state index in [2.05, 4.69) is 14.8 Å². The Labute approximate surface area is 175 Å². The normalized spacial score (nSPS) is 19.1. The Balaban J connectivity index is 1.39. The first-order chi connectivity index (χ1) is 14.6. The van der Waals surface area contributed by atoms with Crippen molar-refractivity contribution in [2.75, 3.05) is 31.9 Å². The van der Waals surface area contributed by atoms with Crippen LogP contribution in [-0.2, 0) is 17.9 Å². The van der Waals surface area contributed by atoms with Gasteiger partial charge in [0.2, 0.25) is 5.96 Å². The smallest absolute Gasteiger partial charge is 0.259 e. The molecule has 30 heavy (non-hydrogen) atoms. The Morgan fingerprint density at radius 2 is 1.87 bits per heavy atom. The van der Waals surface area contributed by atoms with Gasteiger partial charge in [-0.1, -0.05) is 24.3 Å². The fraction of sp³-hybridized carbons (Fsp3) is 0.304. The van der Waals surface area contributed by atoms with E-state index in [9.17, 15) is 9.18 Å². The van der Waals surface area contributed by atoms with Crippen LogP contribution in [0.3, 0.4) is 0 Å². The number of carbonyl (C=O) groups is 1. The second kappa shape index (κ2) is 7.57. The SMILES string of the molecule is Nc1ccc(CN2C(=O)C3=C(CCN(Cc4cccc(F)c4)C3)N3CCN=C23)cc1. The Morgan fingerprint density at radius 3 is 2.67 bits per heavy atom. The molecule has 154 valence electrons. The van der Waals surface area contributed by atoms with E-state index in [4.69, 9.17) is 5.73 Å². The van der Waals surface area contributed by atoms with Crippen LogP contribution in [-0.4, -0.2) is 52.7 Å². The number of carbonyl (C=O) groups excluding carboxylic acids is 1. The number of hydrogen-bond acceptors (Lipinski definition) is 5. The van der Waals surface area contributed by atoms with Crippen LogP contribution in [0.1, 0.15) is 17.5 Å². The highest BCUT2D eigenvalue weighted by atomic mass is 19.1. The van der Waals surface area contributed by atoms with Crippen molar-refractivity contribution in [3.05, 3.63) is 76.7 Å². The number of hydrogen-bond donors (Lipinski definition) is 1. The summed E-state index contributed by atoms with van der Waals surface area (Å²) in [5.74, 6) is 0.544. The molecule has 0 saturated heterocycles. The van der Waals surface area contributed by atoms with E-state index in [1.807, 2.05) is 30.3 Å². The van der Waals surface area contributed by atoms with Crippen LogP contribution in [0.5, 0.6) is 0 Å². The minimum Gasteiger partial charge on any atom is -0.399 e. The van der Waals surface area contributed by atoms with Gasteiger partial charge in [-0.05, 0) is 35.4 Å². The van der Waals surface area contributed by atoms with Gasteiger partial charge in [-0.2, -0.15) is 0 Å². The predicted octanol–water partition coefficient (Wildman–Crippen LogP) is 2.58. The first kappa shape index (κ1) is 18.8. The standard InChI is InChI=1S/C23H24FN5O/c24-18-3-1-2-17(12-18)13-27-10-8-21-20(15-27)22(30)29(23-26-9-11-28(21)23)14-16-4-6-19(25)7-5-16/h1-7,12H,8-11,13-15,25H2. The number of benzene rings is 2. The van der Waals surface area contributed by atoms with Crippen LogP contribution >= 0.6 is 0 Å². The molecule has 0 aliphatic carbocycles. The summed E-state index contributed by atoms with van der Waals surface area (Å²) >= 11 is 0. The topological polar surface area (TPSA) is 65.2 Å². The highest BCUT2D eigenvalue weighted by Crippen LogP contribution is 2.32. The zero-order chi connectivity index (χ0) is 20.7. The van der Waals surface area contributed by atoms with Gasteiger partial charge in [0.05, 0.1) is 18.7 Å². The molecule has 3 heterocycles. The summed E-state index contributed by atoms with van der Waals surface area (Å²) in [7, 11) is 0. The lowest BCUT2D eigenvalue weighted by molar-refractivity contribution is -0.125. The Hall–Kier alpha value is -3.19. The quantitative estimate of drug-likeness (QED) is 0.794. The lowest BCUT2D eigenvalue weighted by Crippen LogP contribution is -2.53. The fourth-order valence-electron chi connectivity index (χ4n) is 4.45. The van der Waals surface area contributed by atoms with Gasteiger partial charge in [0.15, 0.2) is 0 Å². The van der Waals surface area contributed by atoms with Crippen LogP contribution in [0.2, 0.25) is 0 Å². The molecule has 2 aromatic rings. The number of nitrogens with two attached hydrogens (primary N) is 1. The third-order valence-corrected chi connectivity index (χ3v) is 5.90. The number of amides is 1. The molecule has 0 atom stereocenters. The van der Waals surface area contributed by atoms with Crippen molar-refractivity contribution < 1.29 is 9.18 Å². The van der Waals surface area contributed by atoms with Crippen LogP contribution in [0.25, 0.3) is 0 Å². The summed E-state index contributed by atoms with van der Waals surface area (Å²) < 4.78 is 13.6. The van der Waals surface area contributed by atoms with Crippen molar-refractivity contribution in [1.29, 1.82) is 0 Å². The maximum Gasteiger partial charge on any atom is 0.259 e. The summed E-state index contributed by atoms with van der Waals surface area (Å²) in [6, 6.07) is 14.3. The lowest BCUT2D eigenvalue weighted by atomic mass is 10.00. The molecule has 0 bridgehead atoms. The monoisotopic (exact) mass is 405 g/mol. The first-order valence-corrected chi connectivity index (χ1v) is 10.3. The second-order valence-corrected chi connectivity index (χ2v) is 7.98. The maximum absolute atomic E-state index is 13.6. The predicted molar refractivity (Wildman–Crippen MR) is 114 cm³/mol. The third kappa shape index (κ3) is 3.45. The molecular formula is C23H24FN5O. The van der Waals surface area contributed by atoms with E-state index in [0.29, 0.717) is 31.9 Å². The molecule has 1 amide bonds. The van der Waals surface area contributed by atoms with Crippen molar-refractivity contribution >= 4 is 17.6 Å². The van der Waals surface area contributed by atoms with E-state index in [-0.39, 0.29) is 11.7 Å². The van der Waals surface area contributed by atoms with E-state index in [1.54, 1.807) is 17.0 Å². The minimum atomic E-state index is -0.231. The number of nitrogens with zero attached hydrogens (tertiary/aromatic N) is 4. The largest absolute Gasteiger partial charge is 0.399 e. The van der Waals surface area contributed by atoms with Gasteiger partial charge in [0.1, 0.15) is 5.82 Å². The van der Waals surface area contributed by atoms with Crippen molar-refractivity contribution in [2.45, 2.75) is 19.5 Å². The molecule has 5 rings (SSSR count). The zero-order valence-corrected chi connectivity index (χ0v) is 16.7. The number of nitrogen functional groups attached to an aromatic ring is 1. The second-order valence-electron chi connectivity index (χ2n) is 7.98. The van der Waals surface area contributed by atoms with E-state index < -0.39 is 0 Å². The average Bonchev–Trinajstić information content (AvgIpc) is 3.22. The molecule has 0 unspecified atom stereocenters. The highest BCUT2D eigenvalue weighted by Gasteiger charge is 2.40. The molecule has 7 heteroatoms. The summed E-state index contributed by atoms with van der Waals surface area (Å²) in [6.07, 6.45) is 0.797. The molecule has 0 aromatic heterocycles. The molecule has 0 saturated carbocycles. The number of fused-ring (bicyclic) bond motifs is 2. The fourth-order valence-corrected chi connectivity index (χ4v) is 4.45. The number of aliphatic imine (C=N–C) groups is 1. The Kier molecular flexibility index (Phi) is 4.75. The first-order valence-electron chi connectivity index (χ1n) is 10.3. The maximum atomic E-state index is 13.6. The van der Waals surface area contributed by atoms with Crippen LogP contribution in [0.4, 0.5) is 10.1 Å². The molecule has 2 aromatic carbocycles. The molecule has 3 aliphatic heterocycles. The van der Waals surface area contributed by atoms with E-state index in [0.717, 1.165) is 47.9 Å². The molecule has 0 radical (unpaired) electrons. The zero-order valence-electron chi connectivity index (χ0n) is 16.7. The van der Waals surface area contributed by atoms with Gasteiger partial charge in [-0.15, -0.1) is 0 Å². The van der Waals surface area contributed by atoms with E-state index >= 15 is 0 Å². The Morgan fingerprint density at radius 1 is 1.03 bits per heavy atom. The number of rotatable bonds is 4. The van der Waals surface area contributed by atoms with Crippen LogP contribution < -0.4 is 5.73 Å². The highest BCUT2D eigenvalue weighted by molar-refractivity contribution is 6.09. The van der Waals surface area contributed by atoms with Crippen LogP contribution in [0.15, 0.2) is 64.8 Å². The number of guanidine groups is 1. The molecule has 0 fully saturated rings. The molecular weight excluding hydrogens is 381 g/mol. The van der Waals surface area contributed by atoms with E-state index in [1.165, 1.54) is 6.07 Å². The molecule has 3 aliphatic rings.